The molecule has 0 amide bonds. The summed E-state index contributed by atoms with van der Waals surface area (Å²) < 4.78 is 0. The van der Waals surface area contributed by atoms with Crippen molar-refractivity contribution in [2.45, 2.75) is 0 Å². The van der Waals surface area contributed by atoms with Crippen LogP contribution >= 0.6 is 0 Å². The number of fused-ring (bicyclic) bond motifs is 1. The van der Waals surface area contributed by atoms with Crippen molar-refractivity contribution in [3.63, 3.8) is 0 Å². The van der Waals surface area contributed by atoms with Crippen molar-refractivity contribution < 1.29 is 15.1 Å². The van der Waals surface area contributed by atoms with E-state index in [1.165, 1.54) is 6.07 Å². The van der Waals surface area contributed by atoms with Crippen LogP contribution in [0.25, 0.3) is 10.9 Å². The second kappa shape index (κ2) is 3.98. The zero-order valence-electron chi connectivity index (χ0n) is 8.16. The van der Waals surface area contributed by atoms with Gasteiger partial charge in [-0.1, -0.05) is 23.4 Å². The highest BCUT2D eigenvalue weighted by atomic mass is 16.4. The molecular formula is C11H8N2O3. The summed E-state index contributed by atoms with van der Waals surface area (Å²) in [5, 5.41) is 20.8. The maximum Gasteiger partial charge on any atom is 0.336 e. The third-order valence-corrected chi connectivity index (χ3v) is 2.16. The van der Waals surface area contributed by atoms with Crippen LogP contribution in [-0.2, 0) is 0 Å². The number of pyridine rings is 1. The fraction of sp³-hybridized carbons (Fsp3) is 0. The molecule has 0 aliphatic heterocycles. The van der Waals surface area contributed by atoms with Gasteiger partial charge < -0.3 is 10.3 Å². The van der Waals surface area contributed by atoms with Gasteiger partial charge in [-0.05, 0) is 12.1 Å². The minimum atomic E-state index is -1.04. The highest BCUT2D eigenvalue weighted by Crippen LogP contribution is 2.17. The summed E-state index contributed by atoms with van der Waals surface area (Å²) >= 11 is 0. The lowest BCUT2D eigenvalue weighted by Gasteiger charge is -2.02. The van der Waals surface area contributed by atoms with Gasteiger partial charge in [0.15, 0.2) is 0 Å². The number of hydrogen-bond donors (Lipinski definition) is 2. The third-order valence-electron chi connectivity index (χ3n) is 2.16. The summed E-state index contributed by atoms with van der Waals surface area (Å²) in [5.41, 5.74) is 0.997. The summed E-state index contributed by atoms with van der Waals surface area (Å²) in [7, 11) is 0. The summed E-state index contributed by atoms with van der Waals surface area (Å²) in [4.78, 5) is 15.2. The Kier molecular flexibility index (Phi) is 2.51. The first-order valence-corrected chi connectivity index (χ1v) is 4.53. The maximum absolute atomic E-state index is 11.0. The maximum atomic E-state index is 11.0. The minimum Gasteiger partial charge on any atom is -0.478 e. The molecule has 0 saturated carbocycles. The highest BCUT2D eigenvalue weighted by molar-refractivity contribution is 6.04. The van der Waals surface area contributed by atoms with E-state index in [0.29, 0.717) is 16.6 Å². The number of carboxylic acid groups (broad SMARTS) is 1. The largest absolute Gasteiger partial charge is 0.478 e. The lowest BCUT2D eigenvalue weighted by atomic mass is 10.1. The Morgan fingerprint density at radius 3 is 2.81 bits per heavy atom. The van der Waals surface area contributed by atoms with E-state index in [1.54, 1.807) is 24.3 Å². The van der Waals surface area contributed by atoms with Crippen molar-refractivity contribution in [2.24, 2.45) is 5.16 Å². The SMILES string of the molecule is O=C(O)c1cc(/C=N\O)nc2ccccc12. The molecule has 0 bridgehead atoms. The van der Waals surface area contributed by atoms with Crippen LogP contribution < -0.4 is 0 Å². The number of aromatic nitrogens is 1. The Balaban J connectivity index is 2.78. The fourth-order valence-corrected chi connectivity index (χ4v) is 1.50. The van der Waals surface area contributed by atoms with Gasteiger partial charge in [-0.15, -0.1) is 0 Å². The van der Waals surface area contributed by atoms with Crippen LogP contribution in [0.4, 0.5) is 0 Å². The first kappa shape index (κ1) is 10.1. The topological polar surface area (TPSA) is 82.8 Å². The van der Waals surface area contributed by atoms with Gasteiger partial charge >= 0.3 is 5.97 Å². The van der Waals surface area contributed by atoms with Gasteiger partial charge in [0, 0.05) is 5.39 Å². The lowest BCUT2D eigenvalue weighted by Crippen LogP contribution is -2.01. The summed E-state index contributed by atoms with van der Waals surface area (Å²) in [6.07, 6.45) is 1.10. The molecule has 1 aromatic carbocycles. The van der Waals surface area contributed by atoms with Crippen LogP contribution in [-0.4, -0.2) is 27.5 Å². The smallest absolute Gasteiger partial charge is 0.336 e. The molecule has 2 N–H and O–H groups in total. The number of rotatable bonds is 2. The van der Waals surface area contributed by atoms with Crippen molar-refractivity contribution in [3.8, 4) is 0 Å². The number of carboxylic acids is 1. The van der Waals surface area contributed by atoms with Crippen LogP contribution in [0.2, 0.25) is 0 Å². The van der Waals surface area contributed by atoms with Crippen LogP contribution in [0.5, 0.6) is 0 Å². The second-order valence-corrected chi connectivity index (χ2v) is 3.16. The van der Waals surface area contributed by atoms with E-state index in [9.17, 15) is 4.79 Å². The normalized spacial score (nSPS) is 11.0. The molecular weight excluding hydrogens is 208 g/mol. The number of nitrogens with zero attached hydrogens (tertiary/aromatic N) is 2. The number of hydrogen-bond acceptors (Lipinski definition) is 4. The van der Waals surface area contributed by atoms with Gasteiger partial charge in [0.05, 0.1) is 23.0 Å². The molecule has 0 aliphatic rings. The Morgan fingerprint density at radius 1 is 1.38 bits per heavy atom. The number of oxime groups is 1. The van der Waals surface area contributed by atoms with Gasteiger partial charge in [-0.2, -0.15) is 0 Å². The van der Waals surface area contributed by atoms with Crippen molar-refractivity contribution in [1.29, 1.82) is 0 Å². The van der Waals surface area contributed by atoms with Crippen LogP contribution in [0, 0.1) is 0 Å². The van der Waals surface area contributed by atoms with E-state index >= 15 is 0 Å². The average Bonchev–Trinajstić information content (AvgIpc) is 2.28. The van der Waals surface area contributed by atoms with Gasteiger partial charge in [0.25, 0.3) is 0 Å². The molecule has 2 aromatic rings. The molecule has 0 spiro atoms. The quantitative estimate of drug-likeness (QED) is 0.455. The second-order valence-electron chi connectivity index (χ2n) is 3.16. The van der Waals surface area contributed by atoms with E-state index < -0.39 is 5.97 Å². The molecule has 80 valence electrons. The van der Waals surface area contributed by atoms with Gasteiger partial charge in [-0.3, -0.25) is 0 Å². The molecule has 0 fully saturated rings. The third kappa shape index (κ3) is 1.70. The van der Waals surface area contributed by atoms with Gasteiger partial charge in [-0.25, -0.2) is 9.78 Å². The molecule has 5 nitrogen and oxygen atoms in total. The molecule has 0 atom stereocenters. The zero-order valence-corrected chi connectivity index (χ0v) is 8.16. The average molecular weight is 216 g/mol. The van der Waals surface area contributed by atoms with Crippen molar-refractivity contribution in [1.82, 2.24) is 4.98 Å². The van der Waals surface area contributed by atoms with Crippen molar-refractivity contribution in [2.75, 3.05) is 0 Å². The summed E-state index contributed by atoms with van der Waals surface area (Å²) in [6.45, 7) is 0. The van der Waals surface area contributed by atoms with Gasteiger partial charge in [0.2, 0.25) is 0 Å². The molecule has 0 saturated heterocycles. The predicted octanol–water partition coefficient (Wildman–Crippen LogP) is 1.74. The number of benzene rings is 1. The Labute approximate surface area is 90.7 Å². The van der Waals surface area contributed by atoms with E-state index in [4.69, 9.17) is 10.3 Å². The van der Waals surface area contributed by atoms with E-state index in [0.717, 1.165) is 6.21 Å². The Bertz CT molecular complexity index is 578. The van der Waals surface area contributed by atoms with Crippen molar-refractivity contribution >= 4 is 23.1 Å². The molecule has 5 heteroatoms. The first-order chi connectivity index (χ1) is 7.72. The van der Waals surface area contributed by atoms with E-state index in [-0.39, 0.29) is 5.56 Å². The Morgan fingerprint density at radius 2 is 2.12 bits per heavy atom. The Hall–Kier alpha value is -2.43. The fourth-order valence-electron chi connectivity index (χ4n) is 1.50. The van der Waals surface area contributed by atoms with Crippen LogP contribution in [0.3, 0.4) is 0 Å². The number of aromatic carboxylic acids is 1. The van der Waals surface area contributed by atoms with E-state index in [2.05, 4.69) is 10.1 Å². The lowest BCUT2D eigenvalue weighted by molar-refractivity contribution is 0.0699. The zero-order chi connectivity index (χ0) is 11.5. The van der Waals surface area contributed by atoms with E-state index in [1.807, 2.05) is 0 Å². The minimum absolute atomic E-state index is 0.139. The molecule has 0 unspecified atom stereocenters. The van der Waals surface area contributed by atoms with Crippen LogP contribution in [0.15, 0.2) is 35.5 Å². The molecule has 1 aromatic heterocycles. The van der Waals surface area contributed by atoms with Crippen molar-refractivity contribution in [3.05, 3.63) is 41.6 Å². The standard InChI is InChI=1S/C11H8N2O3/c14-11(15)9-5-7(6-12-16)13-10-4-2-1-3-8(9)10/h1-6,16H,(H,14,15)/b12-6-. The number of carbonyl (C=O) groups is 1. The monoisotopic (exact) mass is 216 g/mol. The summed E-state index contributed by atoms with van der Waals surface area (Å²) in [6, 6.07) is 8.27. The molecule has 2 rings (SSSR count). The van der Waals surface area contributed by atoms with Gasteiger partial charge in [0.1, 0.15) is 0 Å². The predicted molar refractivity (Wildman–Crippen MR) is 58.1 cm³/mol. The molecule has 1 heterocycles. The molecule has 16 heavy (non-hydrogen) atoms. The first-order valence-electron chi connectivity index (χ1n) is 4.53. The highest BCUT2D eigenvalue weighted by Gasteiger charge is 2.10. The number of para-hydroxylation sites is 1. The van der Waals surface area contributed by atoms with Crippen LogP contribution in [0.1, 0.15) is 16.1 Å². The summed E-state index contributed by atoms with van der Waals surface area (Å²) in [5.74, 6) is -1.04. The molecule has 0 radical (unpaired) electrons. The molecule has 0 aliphatic carbocycles.